The largest absolute Gasteiger partial charge is 0.310 e. The Hall–Kier alpha value is -0.820. The first-order valence-electron chi connectivity index (χ1n) is 8.14. The Morgan fingerprint density at radius 1 is 1.05 bits per heavy atom. The van der Waals surface area contributed by atoms with Crippen molar-refractivity contribution in [2.45, 2.75) is 57.9 Å². The number of hydrogen-bond acceptors (Lipinski definition) is 1. The average molecular weight is 257 g/mol. The quantitative estimate of drug-likeness (QED) is 0.838. The molecule has 1 saturated carbocycles. The highest BCUT2D eigenvalue weighted by atomic mass is 14.9. The maximum absolute atomic E-state index is 3.80. The molecule has 2 aliphatic carbocycles. The van der Waals surface area contributed by atoms with E-state index in [1.165, 1.54) is 51.5 Å². The molecule has 0 heterocycles. The maximum atomic E-state index is 3.80. The van der Waals surface area contributed by atoms with Crippen LogP contribution in [-0.4, -0.2) is 6.54 Å². The third kappa shape index (κ3) is 3.20. The molecule has 1 heteroatoms. The number of aryl methyl sites for hydroxylation is 1. The number of benzene rings is 1. The minimum atomic E-state index is 0.624. The standard InChI is InChI=1S/C18H27N/c1-14-6-8-15(9-7-14)12-13-19-18-11-10-16-4-2-3-5-17(16)18/h2-5,14-15,18-19H,6-13H2,1H3. The summed E-state index contributed by atoms with van der Waals surface area (Å²) in [7, 11) is 0. The summed E-state index contributed by atoms with van der Waals surface area (Å²) >= 11 is 0. The first-order valence-corrected chi connectivity index (χ1v) is 8.14. The summed E-state index contributed by atoms with van der Waals surface area (Å²) in [6.45, 7) is 3.61. The van der Waals surface area contributed by atoms with E-state index in [4.69, 9.17) is 0 Å². The van der Waals surface area contributed by atoms with Crippen LogP contribution in [0.2, 0.25) is 0 Å². The lowest BCUT2D eigenvalue weighted by atomic mass is 9.81. The van der Waals surface area contributed by atoms with E-state index in [-0.39, 0.29) is 0 Å². The van der Waals surface area contributed by atoms with Gasteiger partial charge in [-0.05, 0) is 48.8 Å². The van der Waals surface area contributed by atoms with E-state index in [1.807, 2.05) is 0 Å². The van der Waals surface area contributed by atoms with Crippen molar-refractivity contribution in [1.82, 2.24) is 5.32 Å². The zero-order valence-corrected chi connectivity index (χ0v) is 12.2. The van der Waals surface area contributed by atoms with Crippen molar-refractivity contribution in [3.63, 3.8) is 0 Å². The van der Waals surface area contributed by atoms with Crippen LogP contribution < -0.4 is 5.32 Å². The van der Waals surface area contributed by atoms with Crippen molar-refractivity contribution in [3.05, 3.63) is 35.4 Å². The molecule has 0 aromatic heterocycles. The topological polar surface area (TPSA) is 12.0 Å². The predicted molar refractivity (Wildman–Crippen MR) is 81.2 cm³/mol. The normalized spacial score (nSPS) is 30.3. The van der Waals surface area contributed by atoms with Crippen LogP contribution in [0.4, 0.5) is 0 Å². The van der Waals surface area contributed by atoms with Crippen LogP contribution in [0.1, 0.15) is 62.6 Å². The van der Waals surface area contributed by atoms with Gasteiger partial charge >= 0.3 is 0 Å². The molecule has 0 saturated heterocycles. The van der Waals surface area contributed by atoms with Crippen molar-refractivity contribution in [2.75, 3.05) is 6.54 Å². The van der Waals surface area contributed by atoms with Crippen LogP contribution in [0.25, 0.3) is 0 Å². The molecule has 1 aromatic rings. The summed E-state index contributed by atoms with van der Waals surface area (Å²) in [6, 6.07) is 9.58. The maximum Gasteiger partial charge on any atom is 0.0326 e. The smallest absolute Gasteiger partial charge is 0.0326 e. The molecule has 1 fully saturated rings. The molecule has 1 N–H and O–H groups in total. The van der Waals surface area contributed by atoms with Gasteiger partial charge in [-0.3, -0.25) is 0 Å². The second kappa shape index (κ2) is 6.09. The Labute approximate surface area is 117 Å². The first-order chi connectivity index (χ1) is 9.33. The fraction of sp³-hybridized carbons (Fsp3) is 0.667. The first kappa shape index (κ1) is 13.2. The molecule has 3 rings (SSSR count). The van der Waals surface area contributed by atoms with Gasteiger partial charge in [0.25, 0.3) is 0 Å². The number of rotatable bonds is 4. The molecule has 0 radical (unpaired) electrons. The molecular weight excluding hydrogens is 230 g/mol. The molecule has 104 valence electrons. The molecule has 0 amide bonds. The van der Waals surface area contributed by atoms with E-state index in [0.717, 1.165) is 11.8 Å². The van der Waals surface area contributed by atoms with Gasteiger partial charge < -0.3 is 5.32 Å². The van der Waals surface area contributed by atoms with Crippen LogP contribution in [0, 0.1) is 11.8 Å². The van der Waals surface area contributed by atoms with E-state index < -0.39 is 0 Å². The van der Waals surface area contributed by atoms with Crippen molar-refractivity contribution in [3.8, 4) is 0 Å². The Bertz CT molecular complexity index is 404. The van der Waals surface area contributed by atoms with Gasteiger partial charge in [-0.2, -0.15) is 0 Å². The molecule has 1 unspecified atom stereocenters. The summed E-state index contributed by atoms with van der Waals surface area (Å²) in [5.41, 5.74) is 3.12. The average Bonchev–Trinajstić information content (AvgIpc) is 2.85. The van der Waals surface area contributed by atoms with Crippen LogP contribution >= 0.6 is 0 Å². The van der Waals surface area contributed by atoms with Crippen molar-refractivity contribution in [1.29, 1.82) is 0 Å². The second-order valence-corrected chi connectivity index (χ2v) is 6.66. The fourth-order valence-corrected chi connectivity index (χ4v) is 3.85. The van der Waals surface area contributed by atoms with Crippen LogP contribution in [0.5, 0.6) is 0 Å². The van der Waals surface area contributed by atoms with Gasteiger partial charge in [0, 0.05) is 6.04 Å². The van der Waals surface area contributed by atoms with Gasteiger partial charge in [-0.25, -0.2) is 0 Å². The van der Waals surface area contributed by atoms with Gasteiger partial charge in [-0.15, -0.1) is 0 Å². The van der Waals surface area contributed by atoms with Gasteiger partial charge in [0.05, 0.1) is 0 Å². The number of nitrogens with one attached hydrogen (secondary N) is 1. The summed E-state index contributed by atoms with van der Waals surface area (Å²) < 4.78 is 0. The predicted octanol–water partition coefficient (Wildman–Crippen LogP) is 4.48. The van der Waals surface area contributed by atoms with E-state index in [2.05, 4.69) is 36.5 Å². The molecule has 1 atom stereocenters. The van der Waals surface area contributed by atoms with E-state index in [9.17, 15) is 0 Å². The van der Waals surface area contributed by atoms with Gasteiger partial charge in [0.15, 0.2) is 0 Å². The Kier molecular flexibility index (Phi) is 4.22. The summed E-state index contributed by atoms with van der Waals surface area (Å²) in [6.07, 6.45) is 9.77. The lowest BCUT2D eigenvalue weighted by Crippen LogP contribution is -2.23. The lowest BCUT2D eigenvalue weighted by Gasteiger charge is -2.26. The molecule has 1 nitrogen and oxygen atoms in total. The zero-order chi connectivity index (χ0) is 13.1. The summed E-state index contributed by atoms with van der Waals surface area (Å²) in [4.78, 5) is 0. The zero-order valence-electron chi connectivity index (χ0n) is 12.2. The molecule has 1 aromatic carbocycles. The molecule has 19 heavy (non-hydrogen) atoms. The molecular formula is C18H27N. The minimum Gasteiger partial charge on any atom is -0.310 e. The second-order valence-electron chi connectivity index (χ2n) is 6.66. The fourth-order valence-electron chi connectivity index (χ4n) is 3.85. The molecule has 0 bridgehead atoms. The lowest BCUT2D eigenvalue weighted by molar-refractivity contribution is 0.272. The molecule has 2 aliphatic rings. The summed E-state index contributed by atoms with van der Waals surface area (Å²) in [5, 5.41) is 3.80. The number of hydrogen-bond donors (Lipinski definition) is 1. The molecule has 0 spiro atoms. The third-order valence-electron chi connectivity index (χ3n) is 5.21. The minimum absolute atomic E-state index is 0.624. The van der Waals surface area contributed by atoms with Gasteiger partial charge in [-0.1, -0.05) is 56.9 Å². The van der Waals surface area contributed by atoms with Gasteiger partial charge in [0.2, 0.25) is 0 Å². The highest BCUT2D eigenvalue weighted by molar-refractivity contribution is 5.34. The highest BCUT2D eigenvalue weighted by Gasteiger charge is 2.22. The van der Waals surface area contributed by atoms with Crippen molar-refractivity contribution >= 4 is 0 Å². The third-order valence-corrected chi connectivity index (χ3v) is 5.21. The highest BCUT2D eigenvalue weighted by Crippen LogP contribution is 2.32. The van der Waals surface area contributed by atoms with Crippen LogP contribution in [0.15, 0.2) is 24.3 Å². The van der Waals surface area contributed by atoms with Crippen LogP contribution in [-0.2, 0) is 6.42 Å². The SMILES string of the molecule is CC1CCC(CCNC2CCc3ccccc32)CC1. The monoisotopic (exact) mass is 257 g/mol. The Morgan fingerprint density at radius 2 is 1.84 bits per heavy atom. The van der Waals surface area contributed by atoms with E-state index in [1.54, 1.807) is 11.1 Å². The van der Waals surface area contributed by atoms with Crippen LogP contribution in [0.3, 0.4) is 0 Å². The van der Waals surface area contributed by atoms with Gasteiger partial charge in [0.1, 0.15) is 0 Å². The Balaban J connectivity index is 1.44. The molecule has 0 aliphatic heterocycles. The van der Waals surface area contributed by atoms with E-state index >= 15 is 0 Å². The Morgan fingerprint density at radius 3 is 2.68 bits per heavy atom. The van der Waals surface area contributed by atoms with Crippen molar-refractivity contribution in [2.24, 2.45) is 11.8 Å². The van der Waals surface area contributed by atoms with E-state index in [0.29, 0.717) is 6.04 Å². The summed E-state index contributed by atoms with van der Waals surface area (Å²) in [5.74, 6) is 1.96. The number of fused-ring (bicyclic) bond motifs is 1. The van der Waals surface area contributed by atoms with Crippen molar-refractivity contribution < 1.29 is 0 Å².